The molecular weight excluding hydrogens is 294 g/mol. The normalized spacial score (nSPS) is 18.3. The molecule has 0 aliphatic carbocycles. The van der Waals surface area contributed by atoms with Crippen LogP contribution in [0.5, 0.6) is 11.5 Å². The van der Waals surface area contributed by atoms with Gasteiger partial charge in [-0.1, -0.05) is 12.1 Å². The van der Waals surface area contributed by atoms with Crippen LogP contribution in [0.1, 0.15) is 36.5 Å². The van der Waals surface area contributed by atoms with Crippen LogP contribution in [-0.2, 0) is 13.0 Å². The van der Waals surface area contributed by atoms with E-state index in [1.807, 2.05) is 13.0 Å². The van der Waals surface area contributed by atoms with Gasteiger partial charge in [-0.25, -0.2) is 0 Å². The summed E-state index contributed by atoms with van der Waals surface area (Å²) in [5, 5.41) is 3.95. The van der Waals surface area contributed by atoms with Crippen molar-refractivity contribution in [1.29, 1.82) is 0 Å². The van der Waals surface area contributed by atoms with Crippen LogP contribution < -0.4 is 9.47 Å². The molecule has 0 amide bonds. The van der Waals surface area contributed by atoms with E-state index in [0.29, 0.717) is 18.4 Å². The number of likely N-dealkylation sites (tertiary alicyclic amines) is 1. The highest BCUT2D eigenvalue weighted by Crippen LogP contribution is 2.33. The molecule has 1 aliphatic heterocycles. The number of benzene rings is 1. The maximum Gasteiger partial charge on any atom is 0.240 e. The van der Waals surface area contributed by atoms with E-state index in [0.717, 1.165) is 43.3 Å². The lowest BCUT2D eigenvalue weighted by Crippen LogP contribution is -2.20. The van der Waals surface area contributed by atoms with Crippen LogP contribution >= 0.6 is 0 Å². The molecule has 1 aliphatic rings. The minimum absolute atomic E-state index is 0.465. The average molecular weight is 317 g/mol. The van der Waals surface area contributed by atoms with Crippen molar-refractivity contribution in [1.82, 2.24) is 15.0 Å². The molecule has 0 bridgehead atoms. The molecule has 1 aromatic carbocycles. The maximum atomic E-state index is 5.37. The van der Waals surface area contributed by atoms with Gasteiger partial charge < -0.3 is 14.0 Å². The minimum Gasteiger partial charge on any atom is -0.497 e. The average Bonchev–Trinajstić information content (AvgIpc) is 3.24. The van der Waals surface area contributed by atoms with E-state index in [1.54, 1.807) is 14.2 Å². The summed E-state index contributed by atoms with van der Waals surface area (Å²) >= 11 is 0. The van der Waals surface area contributed by atoms with Crippen LogP contribution in [0, 0.1) is 0 Å². The van der Waals surface area contributed by atoms with Crippen LogP contribution in [0.15, 0.2) is 22.7 Å². The summed E-state index contributed by atoms with van der Waals surface area (Å²) in [6.45, 7) is 4.73. The molecule has 0 saturated carbocycles. The molecule has 6 nitrogen and oxygen atoms in total. The van der Waals surface area contributed by atoms with Crippen molar-refractivity contribution in [2.24, 2.45) is 0 Å². The lowest BCUT2D eigenvalue weighted by atomic mass is 9.98. The number of ether oxygens (including phenoxy) is 2. The highest BCUT2D eigenvalue weighted by atomic mass is 16.5. The van der Waals surface area contributed by atoms with Crippen molar-refractivity contribution in [3.05, 3.63) is 35.5 Å². The number of rotatable bonds is 6. The van der Waals surface area contributed by atoms with Crippen molar-refractivity contribution < 1.29 is 14.0 Å². The Morgan fingerprint density at radius 3 is 2.57 bits per heavy atom. The van der Waals surface area contributed by atoms with E-state index in [9.17, 15) is 0 Å². The zero-order valence-corrected chi connectivity index (χ0v) is 13.9. The molecule has 1 aromatic heterocycles. The van der Waals surface area contributed by atoms with Crippen molar-refractivity contribution in [3.63, 3.8) is 0 Å². The maximum absolute atomic E-state index is 5.37. The summed E-state index contributed by atoms with van der Waals surface area (Å²) in [4.78, 5) is 6.74. The first kappa shape index (κ1) is 15.8. The van der Waals surface area contributed by atoms with Crippen molar-refractivity contribution >= 4 is 0 Å². The molecule has 124 valence electrons. The number of aromatic nitrogens is 2. The molecule has 0 spiro atoms. The van der Waals surface area contributed by atoms with E-state index in [1.165, 1.54) is 5.56 Å². The van der Waals surface area contributed by atoms with Crippen LogP contribution in [0.2, 0.25) is 0 Å². The Morgan fingerprint density at radius 1 is 1.22 bits per heavy atom. The SMILES string of the molecule is CCc1noc(CN2CC[C@@H](c3cc(OC)cc(OC)c3)C2)n1. The number of aryl methyl sites for hydroxylation is 1. The monoisotopic (exact) mass is 317 g/mol. The number of nitrogens with zero attached hydrogens (tertiary/aromatic N) is 3. The Morgan fingerprint density at radius 2 is 1.96 bits per heavy atom. The Kier molecular flexibility index (Phi) is 4.81. The first-order valence-corrected chi connectivity index (χ1v) is 7.98. The fraction of sp³-hybridized carbons (Fsp3) is 0.529. The lowest BCUT2D eigenvalue weighted by molar-refractivity contribution is 0.265. The molecule has 3 rings (SSSR count). The molecule has 2 aromatic rings. The van der Waals surface area contributed by atoms with Crippen LogP contribution in [0.4, 0.5) is 0 Å². The van der Waals surface area contributed by atoms with Gasteiger partial charge in [-0.3, -0.25) is 4.90 Å². The second kappa shape index (κ2) is 7.00. The Labute approximate surface area is 136 Å². The summed E-state index contributed by atoms with van der Waals surface area (Å²) < 4.78 is 16.0. The third kappa shape index (κ3) is 3.64. The predicted molar refractivity (Wildman–Crippen MR) is 85.9 cm³/mol. The van der Waals surface area contributed by atoms with E-state index in [4.69, 9.17) is 14.0 Å². The standard InChI is InChI=1S/C17H23N3O3/c1-4-16-18-17(23-19-16)11-20-6-5-12(10-20)13-7-14(21-2)9-15(8-13)22-3/h7-9,12H,4-6,10-11H2,1-3H3/t12-/m1/s1. The molecule has 0 radical (unpaired) electrons. The Bertz CT molecular complexity index is 634. The summed E-state index contributed by atoms with van der Waals surface area (Å²) in [5.41, 5.74) is 1.25. The van der Waals surface area contributed by atoms with E-state index in [2.05, 4.69) is 27.2 Å². The van der Waals surface area contributed by atoms with Crippen molar-refractivity contribution in [2.45, 2.75) is 32.2 Å². The summed E-state index contributed by atoms with van der Waals surface area (Å²) in [6.07, 6.45) is 1.90. The molecule has 1 atom stereocenters. The minimum atomic E-state index is 0.465. The molecule has 0 unspecified atom stereocenters. The largest absolute Gasteiger partial charge is 0.497 e. The molecule has 6 heteroatoms. The molecular formula is C17H23N3O3. The highest BCUT2D eigenvalue weighted by molar-refractivity contribution is 5.40. The quantitative estimate of drug-likeness (QED) is 0.816. The number of hydrogen-bond acceptors (Lipinski definition) is 6. The first-order chi connectivity index (χ1) is 11.2. The van der Waals surface area contributed by atoms with Crippen molar-refractivity contribution in [2.75, 3.05) is 27.3 Å². The van der Waals surface area contributed by atoms with Gasteiger partial charge in [0.25, 0.3) is 0 Å². The van der Waals surface area contributed by atoms with Crippen molar-refractivity contribution in [3.8, 4) is 11.5 Å². The predicted octanol–water partition coefficient (Wildman–Crippen LogP) is 2.64. The third-order valence-corrected chi connectivity index (χ3v) is 4.30. The number of methoxy groups -OCH3 is 2. The second-order valence-corrected chi connectivity index (χ2v) is 5.82. The van der Waals surface area contributed by atoms with Gasteiger partial charge >= 0.3 is 0 Å². The second-order valence-electron chi connectivity index (χ2n) is 5.82. The lowest BCUT2D eigenvalue weighted by Gasteiger charge is -2.15. The van der Waals surface area contributed by atoms with Gasteiger partial charge in [-0.15, -0.1) is 0 Å². The molecule has 0 N–H and O–H groups in total. The summed E-state index contributed by atoms with van der Waals surface area (Å²) in [5.74, 6) is 3.61. The van der Waals surface area contributed by atoms with Gasteiger partial charge in [-0.2, -0.15) is 4.98 Å². The van der Waals surface area contributed by atoms with E-state index in [-0.39, 0.29) is 0 Å². The van der Waals surface area contributed by atoms with Crippen LogP contribution in [-0.4, -0.2) is 42.3 Å². The van der Waals surface area contributed by atoms with E-state index >= 15 is 0 Å². The molecule has 2 heterocycles. The van der Waals surface area contributed by atoms with Gasteiger partial charge in [-0.05, 0) is 36.6 Å². The van der Waals surface area contributed by atoms with Crippen LogP contribution in [0.3, 0.4) is 0 Å². The topological polar surface area (TPSA) is 60.6 Å². The third-order valence-electron chi connectivity index (χ3n) is 4.30. The fourth-order valence-corrected chi connectivity index (χ4v) is 3.00. The summed E-state index contributed by atoms with van der Waals surface area (Å²) in [6, 6.07) is 6.10. The first-order valence-electron chi connectivity index (χ1n) is 7.98. The van der Waals surface area contributed by atoms with Gasteiger partial charge in [0, 0.05) is 19.0 Å². The van der Waals surface area contributed by atoms with Gasteiger partial charge in [0.2, 0.25) is 5.89 Å². The van der Waals surface area contributed by atoms with E-state index < -0.39 is 0 Å². The molecule has 1 fully saturated rings. The Balaban J connectivity index is 1.67. The zero-order chi connectivity index (χ0) is 16.2. The van der Waals surface area contributed by atoms with Crippen LogP contribution in [0.25, 0.3) is 0 Å². The molecule has 1 saturated heterocycles. The Hall–Kier alpha value is -2.08. The molecule has 23 heavy (non-hydrogen) atoms. The van der Waals surface area contributed by atoms with Gasteiger partial charge in [0.15, 0.2) is 5.82 Å². The summed E-state index contributed by atoms with van der Waals surface area (Å²) in [7, 11) is 3.36. The van der Waals surface area contributed by atoms with Gasteiger partial charge in [0.1, 0.15) is 11.5 Å². The zero-order valence-electron chi connectivity index (χ0n) is 13.9. The highest BCUT2D eigenvalue weighted by Gasteiger charge is 2.26. The smallest absolute Gasteiger partial charge is 0.240 e. The number of hydrogen-bond donors (Lipinski definition) is 0. The van der Waals surface area contributed by atoms with Gasteiger partial charge in [0.05, 0.1) is 20.8 Å². The fourth-order valence-electron chi connectivity index (χ4n) is 3.00.